The topological polar surface area (TPSA) is 147 Å². The molecule has 12 nitrogen and oxygen atoms in total. The van der Waals surface area contributed by atoms with Crippen molar-refractivity contribution in [2.75, 3.05) is 27.8 Å². The summed E-state index contributed by atoms with van der Waals surface area (Å²) in [5.41, 5.74) is 0.822. The van der Waals surface area contributed by atoms with Crippen LogP contribution in [0.15, 0.2) is 30.3 Å². The lowest BCUT2D eigenvalue weighted by Gasteiger charge is -2.41. The lowest BCUT2D eigenvalue weighted by Crippen LogP contribution is -2.57. The molecule has 8 atom stereocenters. The highest BCUT2D eigenvalue weighted by molar-refractivity contribution is 5.84. The van der Waals surface area contributed by atoms with Crippen molar-refractivity contribution in [3.05, 3.63) is 35.9 Å². The van der Waals surface area contributed by atoms with E-state index in [0.717, 1.165) is 18.4 Å². The Kier molecular flexibility index (Phi) is 15.8. The molecule has 1 heterocycles. The maximum Gasteiger partial charge on any atom is 0.409 e. The Hall–Kier alpha value is -3.22. The molecule has 4 amide bonds. The number of nitrogens with zero attached hydrogens (tertiary/aromatic N) is 2. The molecule has 0 aromatic heterocycles. The van der Waals surface area contributed by atoms with Crippen LogP contribution in [0.4, 0.5) is 4.79 Å². The predicted molar refractivity (Wildman–Crippen MR) is 170 cm³/mol. The van der Waals surface area contributed by atoms with E-state index in [2.05, 4.69) is 10.6 Å². The molecule has 2 rings (SSSR count). The van der Waals surface area contributed by atoms with Gasteiger partial charge in [0.05, 0.1) is 30.7 Å². The minimum atomic E-state index is -1.27. The van der Waals surface area contributed by atoms with Crippen molar-refractivity contribution in [2.45, 2.75) is 103 Å². The zero-order valence-electron chi connectivity index (χ0n) is 28.1. The van der Waals surface area contributed by atoms with Gasteiger partial charge in [0, 0.05) is 33.7 Å². The van der Waals surface area contributed by atoms with Gasteiger partial charge < -0.3 is 34.4 Å². The number of ether oxygens (including phenoxy) is 3. The Labute approximate surface area is 268 Å². The maximum absolute atomic E-state index is 13.9. The smallest absolute Gasteiger partial charge is 0.409 e. The number of hydrogen-bond donors (Lipinski definition) is 3. The highest BCUT2D eigenvalue weighted by Crippen LogP contribution is 2.30. The van der Waals surface area contributed by atoms with Crippen molar-refractivity contribution >= 4 is 24.3 Å². The summed E-state index contributed by atoms with van der Waals surface area (Å²) in [6.07, 6.45) is -0.467. The van der Waals surface area contributed by atoms with Gasteiger partial charge >= 0.3 is 6.09 Å². The molecule has 1 aromatic rings. The molecule has 1 unspecified atom stereocenters. The van der Waals surface area contributed by atoms with E-state index in [4.69, 9.17) is 14.2 Å². The van der Waals surface area contributed by atoms with Crippen molar-refractivity contribution in [2.24, 2.45) is 17.8 Å². The van der Waals surface area contributed by atoms with Gasteiger partial charge in [0.1, 0.15) is 18.9 Å². The number of hydrogen-bond acceptors (Lipinski definition) is 8. The van der Waals surface area contributed by atoms with Gasteiger partial charge in [-0.1, -0.05) is 71.4 Å². The molecule has 1 aromatic carbocycles. The number of methoxy groups -OCH3 is 2. The third-order valence-corrected chi connectivity index (χ3v) is 9.03. The largest absolute Gasteiger partial charge is 0.445 e. The summed E-state index contributed by atoms with van der Waals surface area (Å²) in [6.45, 7) is 10.1. The minimum Gasteiger partial charge on any atom is -0.445 e. The fraction of sp³-hybridized carbons (Fsp3) is 0.697. The van der Waals surface area contributed by atoms with E-state index < -0.39 is 42.5 Å². The molecule has 0 bridgehead atoms. The van der Waals surface area contributed by atoms with Gasteiger partial charge in [-0.05, 0) is 30.2 Å². The number of alkyl carbamates (subject to hydrolysis) is 1. The summed E-state index contributed by atoms with van der Waals surface area (Å²) in [4.78, 5) is 54.3. The van der Waals surface area contributed by atoms with Gasteiger partial charge in [-0.15, -0.1) is 0 Å². The number of benzene rings is 1. The Morgan fingerprint density at radius 1 is 1.11 bits per heavy atom. The van der Waals surface area contributed by atoms with Gasteiger partial charge in [0.25, 0.3) is 0 Å². The second-order valence-corrected chi connectivity index (χ2v) is 12.3. The summed E-state index contributed by atoms with van der Waals surface area (Å²) in [5, 5.41) is 16.0. The summed E-state index contributed by atoms with van der Waals surface area (Å²) in [5.74, 6) is -1.08. The van der Waals surface area contributed by atoms with Crippen molar-refractivity contribution in [1.82, 2.24) is 20.4 Å². The van der Waals surface area contributed by atoms with Gasteiger partial charge in [0.2, 0.25) is 18.2 Å². The van der Waals surface area contributed by atoms with Gasteiger partial charge in [0.15, 0.2) is 0 Å². The van der Waals surface area contributed by atoms with E-state index in [9.17, 15) is 24.3 Å². The van der Waals surface area contributed by atoms with Crippen molar-refractivity contribution in [3.8, 4) is 0 Å². The van der Waals surface area contributed by atoms with E-state index in [1.54, 1.807) is 23.8 Å². The van der Waals surface area contributed by atoms with Crippen LogP contribution in [0.3, 0.4) is 0 Å². The molecule has 254 valence electrons. The van der Waals surface area contributed by atoms with E-state index in [1.165, 1.54) is 14.2 Å². The third kappa shape index (κ3) is 10.4. The zero-order valence-corrected chi connectivity index (χ0v) is 28.1. The predicted octanol–water partition coefficient (Wildman–Crippen LogP) is 2.92. The van der Waals surface area contributed by atoms with E-state index >= 15 is 0 Å². The number of nitrogens with one attached hydrogen (secondary N) is 2. The average Bonchev–Trinajstić information content (AvgIpc) is 3.52. The van der Waals surface area contributed by atoms with Crippen LogP contribution in [0.2, 0.25) is 0 Å². The van der Waals surface area contributed by atoms with Gasteiger partial charge in [-0.2, -0.15) is 0 Å². The lowest BCUT2D eigenvalue weighted by atomic mass is 9.89. The summed E-state index contributed by atoms with van der Waals surface area (Å²) in [7, 11) is 4.76. The molecule has 1 saturated heterocycles. The van der Waals surface area contributed by atoms with Crippen LogP contribution in [-0.2, 0) is 35.2 Å². The zero-order chi connectivity index (χ0) is 33.7. The van der Waals surface area contributed by atoms with Gasteiger partial charge in [-0.3, -0.25) is 19.7 Å². The Morgan fingerprint density at radius 2 is 1.78 bits per heavy atom. The molecule has 1 aliphatic heterocycles. The van der Waals surface area contributed by atoms with E-state index in [-0.39, 0.29) is 42.7 Å². The molecule has 0 saturated carbocycles. The van der Waals surface area contributed by atoms with Crippen LogP contribution >= 0.6 is 0 Å². The molecule has 1 aliphatic rings. The normalized spacial score (nSPS) is 19.5. The van der Waals surface area contributed by atoms with Crippen LogP contribution in [0, 0.1) is 17.8 Å². The van der Waals surface area contributed by atoms with Crippen LogP contribution in [-0.4, -0.2) is 104 Å². The second kappa shape index (κ2) is 18.7. The molecule has 45 heavy (non-hydrogen) atoms. The summed E-state index contributed by atoms with van der Waals surface area (Å²) >= 11 is 0. The van der Waals surface area contributed by atoms with E-state index in [1.807, 2.05) is 58.0 Å². The van der Waals surface area contributed by atoms with Crippen molar-refractivity contribution < 1.29 is 38.5 Å². The highest BCUT2D eigenvalue weighted by atomic mass is 16.6. The molecule has 0 aliphatic carbocycles. The highest BCUT2D eigenvalue weighted by Gasteiger charge is 2.42. The van der Waals surface area contributed by atoms with Crippen LogP contribution < -0.4 is 10.6 Å². The number of aliphatic hydroxyl groups is 1. The Balaban J connectivity index is 2.14. The maximum atomic E-state index is 13.9. The number of likely N-dealkylation sites (N-methyl/N-ethyl adjacent to an activating group) is 1. The number of likely N-dealkylation sites (tertiary alicyclic amines) is 1. The Morgan fingerprint density at radius 3 is 2.33 bits per heavy atom. The second-order valence-electron chi connectivity index (χ2n) is 12.3. The first-order valence-electron chi connectivity index (χ1n) is 15.9. The monoisotopic (exact) mass is 634 g/mol. The summed E-state index contributed by atoms with van der Waals surface area (Å²) < 4.78 is 17.0. The standard InChI is InChI=1S/C33H54N4O8/c1-9-22(4)29(36(6)32(41)28(21(2)3)34-20-38)26(43-7)18-27(39)37-17-13-16-25(37)30(44-8)23(5)31(40)35-33(42)45-19-24-14-11-10-12-15-24/h10-12,14-15,20-23,25-26,28-31,40H,9,13,16-19H2,1-8H3,(H,34,38)(H,35,42)/t22-,23+,25-,26+,28-,29-,30+,31?/m0/s1. The van der Waals surface area contributed by atoms with Crippen LogP contribution in [0.1, 0.15) is 65.9 Å². The fourth-order valence-corrected chi connectivity index (χ4v) is 6.22. The van der Waals surface area contributed by atoms with E-state index in [0.29, 0.717) is 19.4 Å². The average molecular weight is 635 g/mol. The lowest BCUT2D eigenvalue weighted by molar-refractivity contribution is -0.147. The first kappa shape index (κ1) is 38.0. The number of amides is 4. The Bertz CT molecular complexity index is 1070. The first-order valence-corrected chi connectivity index (χ1v) is 15.9. The van der Waals surface area contributed by atoms with Crippen LogP contribution in [0.5, 0.6) is 0 Å². The number of carbonyl (C=O) groups excluding carboxylic acids is 4. The molecular formula is C33H54N4O8. The SMILES string of the molecule is CC[C@H](C)[C@@H]([C@@H](CC(=O)N1CCC[C@H]1[C@H](OC)[C@@H](C)C(O)NC(=O)OCc1ccccc1)OC)N(C)C(=O)[C@@H](NC=O)C(C)C. The third-order valence-electron chi connectivity index (χ3n) is 9.03. The fourth-order valence-electron chi connectivity index (χ4n) is 6.22. The summed E-state index contributed by atoms with van der Waals surface area (Å²) in [6, 6.07) is 7.77. The first-order chi connectivity index (χ1) is 21.4. The number of aliphatic hydroxyl groups excluding tert-OH is 1. The quantitative estimate of drug-likeness (QED) is 0.165. The van der Waals surface area contributed by atoms with Crippen molar-refractivity contribution in [1.29, 1.82) is 0 Å². The number of rotatable bonds is 18. The molecule has 1 fully saturated rings. The number of carbonyl (C=O) groups is 4. The molecule has 3 N–H and O–H groups in total. The van der Waals surface area contributed by atoms with Crippen LogP contribution in [0.25, 0.3) is 0 Å². The van der Waals surface area contributed by atoms with Gasteiger partial charge in [-0.25, -0.2) is 4.79 Å². The molecule has 12 heteroatoms. The molecular weight excluding hydrogens is 580 g/mol. The molecule has 0 radical (unpaired) electrons. The van der Waals surface area contributed by atoms with Crippen molar-refractivity contribution in [3.63, 3.8) is 0 Å². The minimum absolute atomic E-state index is 0.00438. The molecule has 0 spiro atoms.